The summed E-state index contributed by atoms with van der Waals surface area (Å²) in [5, 5.41) is 5.49. The second kappa shape index (κ2) is 8.22. The number of ether oxygens (including phenoxy) is 1. The normalized spacial score (nSPS) is 10.7. The van der Waals surface area contributed by atoms with Gasteiger partial charge in [0.2, 0.25) is 11.8 Å². The van der Waals surface area contributed by atoms with Crippen LogP contribution in [-0.4, -0.2) is 40.0 Å². The first kappa shape index (κ1) is 19.6. The Morgan fingerprint density at radius 3 is 2.75 bits per heavy atom. The lowest BCUT2D eigenvalue weighted by Gasteiger charge is -2.11. The van der Waals surface area contributed by atoms with E-state index in [-0.39, 0.29) is 5.91 Å². The average Bonchev–Trinajstić information content (AvgIpc) is 3.27. The quantitative estimate of drug-likeness (QED) is 0.633. The monoisotopic (exact) mass is 399 g/mol. The van der Waals surface area contributed by atoms with Gasteiger partial charge in [-0.05, 0) is 19.1 Å². The summed E-state index contributed by atoms with van der Waals surface area (Å²) in [6, 6.07) is 5.42. The van der Waals surface area contributed by atoms with Crippen molar-refractivity contribution < 1.29 is 14.3 Å². The van der Waals surface area contributed by atoms with Gasteiger partial charge < -0.3 is 20.4 Å². The van der Waals surface area contributed by atoms with E-state index in [1.54, 1.807) is 25.4 Å². The molecule has 0 aliphatic carbocycles. The highest BCUT2D eigenvalue weighted by molar-refractivity contribution is 7.13. The van der Waals surface area contributed by atoms with Crippen LogP contribution in [0.15, 0.2) is 29.8 Å². The number of hydrogen-bond acceptors (Lipinski definition) is 6. The molecule has 9 heteroatoms. The molecule has 3 aromatic heterocycles. The minimum Gasteiger partial charge on any atom is -0.481 e. The van der Waals surface area contributed by atoms with Crippen molar-refractivity contribution in [3.05, 3.63) is 41.0 Å². The summed E-state index contributed by atoms with van der Waals surface area (Å²) >= 11 is 1.48. The molecule has 0 aliphatic rings. The molecule has 28 heavy (non-hydrogen) atoms. The Hall–Kier alpha value is -3.20. The van der Waals surface area contributed by atoms with Crippen molar-refractivity contribution >= 4 is 23.2 Å². The molecule has 0 atom stereocenters. The zero-order valence-corrected chi connectivity index (χ0v) is 16.7. The number of nitrogens with one attached hydrogen (secondary N) is 1. The van der Waals surface area contributed by atoms with Crippen molar-refractivity contribution in [2.24, 2.45) is 5.73 Å². The molecule has 0 radical (unpaired) electrons. The molecule has 3 aromatic rings. The van der Waals surface area contributed by atoms with Gasteiger partial charge in [0.15, 0.2) is 0 Å². The van der Waals surface area contributed by atoms with Crippen molar-refractivity contribution in [2.45, 2.75) is 20.4 Å². The molecule has 0 fully saturated rings. The van der Waals surface area contributed by atoms with Gasteiger partial charge in [0.1, 0.15) is 5.01 Å². The van der Waals surface area contributed by atoms with E-state index in [0.717, 1.165) is 27.7 Å². The third kappa shape index (κ3) is 4.04. The number of rotatable bonds is 7. The molecular formula is C19H21N5O3S. The molecule has 0 unspecified atom stereocenters. The molecule has 0 aromatic carbocycles. The van der Waals surface area contributed by atoms with E-state index in [0.29, 0.717) is 24.5 Å². The number of amides is 2. The lowest BCUT2D eigenvalue weighted by molar-refractivity contribution is -0.118. The van der Waals surface area contributed by atoms with Crippen LogP contribution in [0.1, 0.15) is 23.0 Å². The highest BCUT2D eigenvalue weighted by atomic mass is 32.1. The molecular weight excluding hydrogens is 378 g/mol. The minimum atomic E-state index is -0.494. The standard InChI is InChI=1S/C19H21N5O3S/c1-11-14(18(20)26)8-16(24(11)7-6-21-12(2)25)15-10-28-19(23-15)13-4-5-17(27-3)22-9-13/h4-5,8-10H,6-7H2,1-3H3,(H2,20,26)(H,21,25). The minimum absolute atomic E-state index is 0.107. The number of pyridine rings is 1. The fourth-order valence-electron chi connectivity index (χ4n) is 2.89. The maximum Gasteiger partial charge on any atom is 0.250 e. The number of carbonyl (C=O) groups is 2. The number of primary amides is 1. The lowest BCUT2D eigenvalue weighted by Crippen LogP contribution is -2.25. The Kier molecular flexibility index (Phi) is 5.74. The van der Waals surface area contributed by atoms with Gasteiger partial charge in [0.25, 0.3) is 5.91 Å². The van der Waals surface area contributed by atoms with E-state index in [4.69, 9.17) is 15.5 Å². The van der Waals surface area contributed by atoms with E-state index in [1.165, 1.54) is 18.3 Å². The summed E-state index contributed by atoms with van der Waals surface area (Å²) in [6.45, 7) is 4.24. The third-order valence-electron chi connectivity index (χ3n) is 4.30. The Bertz CT molecular complexity index is 1010. The Morgan fingerprint density at radius 2 is 2.14 bits per heavy atom. The lowest BCUT2D eigenvalue weighted by atomic mass is 10.2. The van der Waals surface area contributed by atoms with Crippen LogP contribution in [0.5, 0.6) is 5.88 Å². The largest absolute Gasteiger partial charge is 0.481 e. The van der Waals surface area contributed by atoms with Crippen molar-refractivity contribution in [3.63, 3.8) is 0 Å². The van der Waals surface area contributed by atoms with E-state index < -0.39 is 5.91 Å². The molecule has 3 N–H and O–H groups in total. The molecule has 3 rings (SSSR count). The first-order chi connectivity index (χ1) is 13.4. The van der Waals surface area contributed by atoms with Gasteiger partial charge in [0, 0.05) is 48.9 Å². The van der Waals surface area contributed by atoms with Crippen molar-refractivity contribution in [1.82, 2.24) is 19.9 Å². The number of thiazole rings is 1. The molecule has 8 nitrogen and oxygen atoms in total. The van der Waals surface area contributed by atoms with Crippen LogP contribution >= 0.6 is 11.3 Å². The molecule has 0 spiro atoms. The topological polar surface area (TPSA) is 112 Å². The van der Waals surface area contributed by atoms with Crippen molar-refractivity contribution in [2.75, 3.05) is 13.7 Å². The van der Waals surface area contributed by atoms with Crippen molar-refractivity contribution in [3.8, 4) is 27.8 Å². The van der Waals surface area contributed by atoms with Crippen LogP contribution < -0.4 is 15.8 Å². The molecule has 0 aliphatic heterocycles. The van der Waals surface area contributed by atoms with Gasteiger partial charge in [-0.15, -0.1) is 11.3 Å². The first-order valence-electron chi connectivity index (χ1n) is 8.61. The van der Waals surface area contributed by atoms with Crippen LogP contribution in [0.25, 0.3) is 22.0 Å². The zero-order chi connectivity index (χ0) is 20.3. The Labute approximate surface area is 166 Å². The van der Waals surface area contributed by atoms with Gasteiger partial charge >= 0.3 is 0 Å². The second-order valence-electron chi connectivity index (χ2n) is 6.15. The number of nitrogens with two attached hydrogens (primary N) is 1. The van der Waals surface area contributed by atoms with Crippen LogP contribution in [0, 0.1) is 6.92 Å². The van der Waals surface area contributed by atoms with Gasteiger partial charge in [-0.3, -0.25) is 9.59 Å². The number of aromatic nitrogens is 3. The maximum atomic E-state index is 11.8. The van der Waals surface area contributed by atoms with Crippen LogP contribution in [-0.2, 0) is 11.3 Å². The first-order valence-corrected chi connectivity index (χ1v) is 9.49. The summed E-state index contributed by atoms with van der Waals surface area (Å²) in [6.07, 6.45) is 1.71. The maximum absolute atomic E-state index is 11.8. The van der Waals surface area contributed by atoms with Gasteiger partial charge in [-0.2, -0.15) is 0 Å². The van der Waals surface area contributed by atoms with E-state index in [2.05, 4.69) is 10.3 Å². The van der Waals surface area contributed by atoms with E-state index in [9.17, 15) is 9.59 Å². The predicted molar refractivity (Wildman–Crippen MR) is 107 cm³/mol. The SMILES string of the molecule is COc1ccc(-c2nc(-c3cc(C(N)=O)c(C)n3CCNC(C)=O)cs2)cn1. The zero-order valence-electron chi connectivity index (χ0n) is 15.9. The fraction of sp³-hybridized carbons (Fsp3) is 0.263. The summed E-state index contributed by atoms with van der Waals surface area (Å²) in [5.41, 5.74) is 9.09. The molecule has 0 saturated carbocycles. The van der Waals surface area contributed by atoms with Crippen LogP contribution in [0.3, 0.4) is 0 Å². The molecule has 0 bridgehead atoms. The number of methoxy groups -OCH3 is 1. The average molecular weight is 399 g/mol. The summed E-state index contributed by atoms with van der Waals surface area (Å²) in [4.78, 5) is 31.9. The number of nitrogens with zero attached hydrogens (tertiary/aromatic N) is 3. The molecule has 0 saturated heterocycles. The Morgan fingerprint density at radius 1 is 1.36 bits per heavy atom. The fourth-order valence-corrected chi connectivity index (χ4v) is 3.69. The molecule has 2 amide bonds. The van der Waals surface area contributed by atoms with E-state index in [1.807, 2.05) is 22.9 Å². The third-order valence-corrected chi connectivity index (χ3v) is 5.19. The van der Waals surface area contributed by atoms with Gasteiger partial charge in [-0.25, -0.2) is 9.97 Å². The predicted octanol–water partition coefficient (Wildman–Crippen LogP) is 2.23. The second-order valence-corrected chi connectivity index (χ2v) is 7.01. The summed E-state index contributed by atoms with van der Waals surface area (Å²) in [7, 11) is 1.57. The summed E-state index contributed by atoms with van der Waals surface area (Å²) < 4.78 is 7.03. The van der Waals surface area contributed by atoms with Crippen molar-refractivity contribution in [1.29, 1.82) is 0 Å². The summed E-state index contributed by atoms with van der Waals surface area (Å²) in [5.74, 6) is -0.0645. The highest BCUT2D eigenvalue weighted by Crippen LogP contribution is 2.31. The van der Waals surface area contributed by atoms with E-state index >= 15 is 0 Å². The molecule has 3 heterocycles. The smallest absolute Gasteiger partial charge is 0.250 e. The Balaban J connectivity index is 1.95. The van der Waals surface area contributed by atoms with Gasteiger partial charge in [0.05, 0.1) is 24.1 Å². The number of hydrogen-bond donors (Lipinski definition) is 2. The number of carbonyl (C=O) groups excluding carboxylic acids is 2. The highest BCUT2D eigenvalue weighted by Gasteiger charge is 2.19. The van der Waals surface area contributed by atoms with Gasteiger partial charge in [-0.1, -0.05) is 0 Å². The van der Waals surface area contributed by atoms with Crippen LogP contribution in [0.2, 0.25) is 0 Å². The van der Waals surface area contributed by atoms with Crippen LogP contribution in [0.4, 0.5) is 0 Å². The molecule has 146 valence electrons.